The first-order valence-corrected chi connectivity index (χ1v) is 10.2. The van der Waals surface area contributed by atoms with Crippen LogP contribution in [0.4, 0.5) is 0 Å². The van der Waals surface area contributed by atoms with Crippen molar-refractivity contribution in [2.24, 2.45) is 5.41 Å². The first-order chi connectivity index (χ1) is 15.3. The van der Waals surface area contributed by atoms with Crippen molar-refractivity contribution in [2.45, 2.75) is 25.8 Å². The number of H-pyrrole nitrogens is 1. The zero-order chi connectivity index (χ0) is 23.1. The Kier molecular flexibility index (Phi) is 7.27. The fraction of sp³-hybridized carbons (Fsp3) is 0.292. The fourth-order valence-electron chi connectivity index (χ4n) is 3.64. The second kappa shape index (κ2) is 10.1. The normalized spacial score (nSPS) is 13.8. The van der Waals surface area contributed by atoms with Crippen LogP contribution in [0.15, 0.2) is 70.0 Å². The zero-order valence-electron chi connectivity index (χ0n) is 18.0. The minimum absolute atomic E-state index is 0.0130. The summed E-state index contributed by atoms with van der Waals surface area (Å²) in [4.78, 5) is 35.8. The van der Waals surface area contributed by atoms with Gasteiger partial charge in [0.05, 0.1) is 18.1 Å². The third-order valence-electron chi connectivity index (χ3n) is 5.30. The van der Waals surface area contributed by atoms with E-state index in [2.05, 4.69) is 10.5 Å². The molecule has 0 radical (unpaired) electrons. The maximum atomic E-state index is 12.6. The van der Waals surface area contributed by atoms with Crippen molar-refractivity contribution in [2.75, 3.05) is 13.7 Å². The van der Waals surface area contributed by atoms with Gasteiger partial charge in [-0.15, -0.1) is 0 Å². The number of hydrogen-bond donors (Lipinski definition) is 3. The van der Waals surface area contributed by atoms with Crippen LogP contribution >= 0.6 is 0 Å². The number of nitrogens with one attached hydrogen (secondary N) is 2. The smallest absolute Gasteiger partial charge is 0.311 e. The Balaban J connectivity index is 1.81. The van der Waals surface area contributed by atoms with Gasteiger partial charge in [0.1, 0.15) is 0 Å². The summed E-state index contributed by atoms with van der Waals surface area (Å²) in [6.07, 6.45) is 0.513. The Morgan fingerprint density at radius 2 is 1.78 bits per heavy atom. The maximum absolute atomic E-state index is 12.6. The minimum Gasteiger partial charge on any atom is -0.481 e. The number of carboxylic acids is 1. The Morgan fingerprint density at radius 3 is 2.34 bits per heavy atom. The van der Waals surface area contributed by atoms with Crippen LogP contribution < -0.4 is 10.9 Å². The molecule has 3 rings (SSSR count). The van der Waals surface area contributed by atoms with E-state index in [0.717, 1.165) is 22.8 Å². The third kappa shape index (κ3) is 5.73. The van der Waals surface area contributed by atoms with E-state index in [1.54, 1.807) is 6.92 Å². The summed E-state index contributed by atoms with van der Waals surface area (Å²) in [6.45, 7) is 1.56. The molecule has 2 unspecified atom stereocenters. The molecule has 0 aliphatic heterocycles. The standard InChI is InChI=1S/C24H26N2O6/c1-24(15-31-2,23(29)30)14-19(25-22(28)20-13-21(27)26-32-20)12-16-8-10-18(11-9-16)17-6-4-3-5-7-17/h3-11,13,19H,12,14-15H2,1-2H3,(H,25,28)(H,26,27)(H,29,30). The van der Waals surface area contributed by atoms with Gasteiger partial charge in [-0.1, -0.05) is 54.6 Å². The van der Waals surface area contributed by atoms with Crippen molar-refractivity contribution in [3.63, 3.8) is 0 Å². The van der Waals surface area contributed by atoms with Crippen LogP contribution in [0.3, 0.4) is 0 Å². The van der Waals surface area contributed by atoms with E-state index in [4.69, 9.17) is 9.26 Å². The molecule has 0 fully saturated rings. The van der Waals surface area contributed by atoms with Gasteiger partial charge in [-0.05, 0) is 36.5 Å². The number of rotatable bonds is 10. The predicted octanol–water partition coefficient (Wildman–Crippen LogP) is 3.10. The molecule has 2 aromatic carbocycles. The highest BCUT2D eigenvalue weighted by Crippen LogP contribution is 2.27. The first kappa shape index (κ1) is 23.0. The topological polar surface area (TPSA) is 122 Å². The second-order valence-corrected chi connectivity index (χ2v) is 8.02. The van der Waals surface area contributed by atoms with Gasteiger partial charge in [-0.25, -0.2) is 0 Å². The molecule has 32 heavy (non-hydrogen) atoms. The molecule has 8 nitrogen and oxygen atoms in total. The van der Waals surface area contributed by atoms with Gasteiger partial charge in [0, 0.05) is 13.2 Å². The molecular formula is C24H26N2O6. The molecule has 1 amide bonds. The number of aromatic nitrogens is 1. The van der Waals surface area contributed by atoms with E-state index in [0.29, 0.717) is 6.42 Å². The maximum Gasteiger partial charge on any atom is 0.311 e. The van der Waals surface area contributed by atoms with Crippen molar-refractivity contribution in [1.29, 1.82) is 0 Å². The number of carboxylic acid groups (broad SMARTS) is 1. The summed E-state index contributed by atoms with van der Waals surface area (Å²) in [5.74, 6) is -1.78. The number of benzene rings is 2. The quantitative estimate of drug-likeness (QED) is 0.447. The lowest BCUT2D eigenvalue weighted by Crippen LogP contribution is -2.44. The third-order valence-corrected chi connectivity index (χ3v) is 5.30. The molecule has 0 bridgehead atoms. The van der Waals surface area contributed by atoms with Gasteiger partial charge < -0.3 is 19.7 Å². The van der Waals surface area contributed by atoms with Crippen LogP contribution in [-0.2, 0) is 16.0 Å². The molecule has 1 heterocycles. The molecule has 8 heteroatoms. The Bertz CT molecular complexity index is 1100. The van der Waals surface area contributed by atoms with E-state index in [1.165, 1.54) is 7.11 Å². The monoisotopic (exact) mass is 438 g/mol. The molecule has 3 aromatic rings. The second-order valence-electron chi connectivity index (χ2n) is 8.02. The Hall–Kier alpha value is -3.65. The lowest BCUT2D eigenvalue weighted by molar-refractivity contribution is -0.152. The molecule has 2 atom stereocenters. The van der Waals surface area contributed by atoms with Gasteiger partial charge in [0.2, 0.25) is 5.76 Å². The predicted molar refractivity (Wildman–Crippen MR) is 118 cm³/mol. The molecule has 0 spiro atoms. The molecule has 0 saturated heterocycles. The first-order valence-electron chi connectivity index (χ1n) is 10.2. The zero-order valence-corrected chi connectivity index (χ0v) is 18.0. The van der Waals surface area contributed by atoms with E-state index in [1.807, 2.05) is 54.6 Å². The summed E-state index contributed by atoms with van der Waals surface area (Å²) in [5.41, 5.74) is 1.33. The number of amides is 1. The van der Waals surface area contributed by atoms with E-state index < -0.39 is 28.9 Å². The molecule has 168 valence electrons. The van der Waals surface area contributed by atoms with Gasteiger partial charge in [0.15, 0.2) is 0 Å². The van der Waals surface area contributed by atoms with Gasteiger partial charge >= 0.3 is 5.97 Å². The average molecular weight is 438 g/mol. The lowest BCUT2D eigenvalue weighted by atomic mass is 9.82. The average Bonchev–Trinajstić information content (AvgIpc) is 3.21. The number of ether oxygens (including phenoxy) is 1. The number of carbonyl (C=O) groups excluding carboxylic acids is 1. The molecule has 0 saturated carbocycles. The van der Waals surface area contributed by atoms with Gasteiger partial charge in [-0.3, -0.25) is 14.4 Å². The highest BCUT2D eigenvalue weighted by molar-refractivity contribution is 5.91. The van der Waals surface area contributed by atoms with Crippen molar-refractivity contribution in [1.82, 2.24) is 10.5 Å². The van der Waals surface area contributed by atoms with Crippen LogP contribution in [-0.4, -0.2) is 41.9 Å². The van der Waals surface area contributed by atoms with Crippen LogP contribution in [0.2, 0.25) is 0 Å². The molecular weight excluding hydrogens is 412 g/mol. The highest BCUT2D eigenvalue weighted by Gasteiger charge is 2.37. The number of hydrogen-bond acceptors (Lipinski definition) is 5. The summed E-state index contributed by atoms with van der Waals surface area (Å²) < 4.78 is 10.00. The van der Waals surface area contributed by atoms with E-state index in [-0.39, 0.29) is 18.8 Å². The fourth-order valence-corrected chi connectivity index (χ4v) is 3.64. The van der Waals surface area contributed by atoms with Crippen LogP contribution in [0.1, 0.15) is 29.5 Å². The van der Waals surface area contributed by atoms with Crippen molar-refractivity contribution >= 4 is 11.9 Å². The highest BCUT2D eigenvalue weighted by atomic mass is 16.5. The number of methoxy groups -OCH3 is 1. The van der Waals surface area contributed by atoms with Crippen LogP contribution in [0, 0.1) is 5.41 Å². The Morgan fingerprint density at radius 1 is 1.12 bits per heavy atom. The van der Waals surface area contributed by atoms with Crippen LogP contribution in [0.25, 0.3) is 11.1 Å². The Labute approximate surface area is 185 Å². The largest absolute Gasteiger partial charge is 0.481 e. The van der Waals surface area contributed by atoms with E-state index in [9.17, 15) is 19.5 Å². The van der Waals surface area contributed by atoms with Gasteiger partial charge in [0.25, 0.3) is 11.5 Å². The van der Waals surface area contributed by atoms with Crippen LogP contribution in [0.5, 0.6) is 0 Å². The molecule has 1 aromatic heterocycles. The van der Waals surface area contributed by atoms with E-state index >= 15 is 0 Å². The van der Waals surface area contributed by atoms with Crippen molar-refractivity contribution in [3.8, 4) is 11.1 Å². The SMILES string of the molecule is COCC(C)(CC(Cc1ccc(-c2ccccc2)cc1)NC(=O)c1cc(=O)[nH]o1)C(=O)O. The molecule has 0 aliphatic rings. The summed E-state index contributed by atoms with van der Waals surface area (Å²) in [5, 5.41) is 14.6. The lowest BCUT2D eigenvalue weighted by Gasteiger charge is -2.29. The molecule has 0 aliphatic carbocycles. The molecule has 3 N–H and O–H groups in total. The summed E-state index contributed by atoms with van der Waals surface area (Å²) >= 11 is 0. The summed E-state index contributed by atoms with van der Waals surface area (Å²) in [7, 11) is 1.44. The van der Waals surface area contributed by atoms with Crippen molar-refractivity contribution in [3.05, 3.63) is 82.3 Å². The number of aromatic amines is 1. The van der Waals surface area contributed by atoms with Gasteiger partial charge in [-0.2, -0.15) is 5.16 Å². The minimum atomic E-state index is -1.21. The number of carbonyl (C=O) groups is 2. The summed E-state index contributed by atoms with van der Waals surface area (Å²) in [6, 6.07) is 18.3. The van der Waals surface area contributed by atoms with Crippen molar-refractivity contribution < 1.29 is 24.0 Å². The number of aliphatic carboxylic acids is 1.